The summed E-state index contributed by atoms with van der Waals surface area (Å²) in [6.45, 7) is 1.34. The Hall–Kier alpha value is -1.92. The second-order valence-corrected chi connectivity index (χ2v) is 7.80. The molecule has 1 heterocycles. The van der Waals surface area contributed by atoms with Crippen LogP contribution in [0.1, 0.15) is 23.0 Å². The third-order valence-electron chi connectivity index (χ3n) is 4.13. The number of nitrogens with zero attached hydrogens (tertiary/aromatic N) is 3. The van der Waals surface area contributed by atoms with Gasteiger partial charge in [0.15, 0.2) is 5.78 Å². The van der Waals surface area contributed by atoms with Gasteiger partial charge in [-0.1, -0.05) is 57.7 Å². The lowest BCUT2D eigenvalue weighted by Gasteiger charge is -2.13. The van der Waals surface area contributed by atoms with E-state index in [9.17, 15) is 9.59 Å². The summed E-state index contributed by atoms with van der Waals surface area (Å²) in [7, 11) is 0. The smallest absolute Gasteiger partial charge is 0.195 e. The Bertz CT molecular complexity index is 1020. The number of aromatic nitrogens is 3. The maximum atomic E-state index is 12.9. The van der Waals surface area contributed by atoms with E-state index in [1.54, 1.807) is 36.4 Å². The Kier molecular flexibility index (Phi) is 6.40. The molecule has 0 spiro atoms. The fraction of sp³-hybridized carbons (Fsp3) is 0.158. The number of hydrogen-bond donors (Lipinski definition) is 0. The molecule has 0 amide bonds. The van der Waals surface area contributed by atoms with Crippen LogP contribution in [0.4, 0.5) is 0 Å². The van der Waals surface area contributed by atoms with Crippen molar-refractivity contribution in [3.05, 3.63) is 73.9 Å². The number of rotatable bonds is 6. The van der Waals surface area contributed by atoms with E-state index >= 15 is 0 Å². The van der Waals surface area contributed by atoms with E-state index in [0.29, 0.717) is 31.3 Å². The molecular weight excluding hydrogens is 444 g/mol. The number of carbonyl (C=O) groups excluding carboxylic acids is 2. The molecule has 0 aliphatic rings. The fourth-order valence-corrected chi connectivity index (χ4v) is 3.77. The number of carbonyl (C=O) groups is 2. The van der Waals surface area contributed by atoms with Gasteiger partial charge in [0.05, 0.1) is 17.8 Å². The monoisotopic (exact) mass is 455 g/mol. The summed E-state index contributed by atoms with van der Waals surface area (Å²) in [5.41, 5.74) is 1.12. The molecule has 0 aliphatic heterocycles. The zero-order chi connectivity index (χ0) is 20.4. The third kappa shape index (κ3) is 4.55. The number of benzene rings is 2. The van der Waals surface area contributed by atoms with Crippen molar-refractivity contribution in [2.45, 2.75) is 13.3 Å². The maximum absolute atomic E-state index is 12.9. The first-order valence-electron chi connectivity index (χ1n) is 8.12. The van der Waals surface area contributed by atoms with Gasteiger partial charge in [0.1, 0.15) is 11.5 Å². The highest BCUT2D eigenvalue weighted by molar-refractivity contribution is 6.36. The summed E-state index contributed by atoms with van der Waals surface area (Å²) >= 11 is 24.4. The van der Waals surface area contributed by atoms with Gasteiger partial charge in [0.2, 0.25) is 0 Å². The molecular formula is C19H13Cl4N3O2. The Morgan fingerprint density at radius 3 is 2.21 bits per heavy atom. The van der Waals surface area contributed by atoms with E-state index in [-0.39, 0.29) is 17.9 Å². The largest absolute Gasteiger partial charge is 0.299 e. The van der Waals surface area contributed by atoms with Crippen LogP contribution in [0.25, 0.3) is 5.69 Å². The van der Waals surface area contributed by atoms with Crippen LogP contribution in [0.5, 0.6) is 0 Å². The number of Topliss-reactive ketones (excluding diaryl/α,β-unsaturated/α-hetero) is 2. The van der Waals surface area contributed by atoms with Gasteiger partial charge in [0, 0.05) is 20.1 Å². The highest BCUT2D eigenvalue weighted by Gasteiger charge is 2.29. The van der Waals surface area contributed by atoms with Crippen molar-refractivity contribution in [3.63, 3.8) is 0 Å². The van der Waals surface area contributed by atoms with E-state index in [4.69, 9.17) is 46.4 Å². The summed E-state index contributed by atoms with van der Waals surface area (Å²) in [5.74, 6) is -1.77. The number of halogens is 4. The lowest BCUT2D eigenvalue weighted by atomic mass is 9.90. The van der Waals surface area contributed by atoms with E-state index < -0.39 is 11.7 Å². The lowest BCUT2D eigenvalue weighted by Crippen LogP contribution is -2.25. The first kappa shape index (κ1) is 20.8. The molecule has 3 rings (SSSR count). The third-order valence-corrected chi connectivity index (χ3v) is 5.28. The molecule has 2 aromatic carbocycles. The highest BCUT2D eigenvalue weighted by Crippen LogP contribution is 2.28. The number of ketones is 2. The van der Waals surface area contributed by atoms with Gasteiger partial charge < -0.3 is 0 Å². The first-order chi connectivity index (χ1) is 13.3. The van der Waals surface area contributed by atoms with Crippen molar-refractivity contribution >= 4 is 58.0 Å². The van der Waals surface area contributed by atoms with Gasteiger partial charge in [-0.2, -0.15) is 0 Å². The van der Waals surface area contributed by atoms with E-state index in [1.165, 1.54) is 17.8 Å². The molecule has 28 heavy (non-hydrogen) atoms. The molecule has 144 valence electrons. The Labute approximate surface area is 181 Å². The van der Waals surface area contributed by atoms with Gasteiger partial charge in [-0.15, -0.1) is 5.10 Å². The molecule has 0 bridgehead atoms. The highest BCUT2D eigenvalue weighted by atomic mass is 35.5. The molecule has 5 nitrogen and oxygen atoms in total. The van der Waals surface area contributed by atoms with E-state index in [2.05, 4.69) is 10.3 Å². The van der Waals surface area contributed by atoms with Crippen LogP contribution < -0.4 is 0 Å². The minimum absolute atomic E-state index is 0.0412. The zero-order valence-corrected chi connectivity index (χ0v) is 17.5. The summed E-state index contributed by atoms with van der Waals surface area (Å²) in [4.78, 5) is 25.1. The maximum Gasteiger partial charge on any atom is 0.195 e. The molecule has 0 N–H and O–H groups in total. The Morgan fingerprint density at radius 1 is 1.04 bits per heavy atom. The quantitative estimate of drug-likeness (QED) is 0.362. The van der Waals surface area contributed by atoms with Gasteiger partial charge in [0.25, 0.3) is 0 Å². The average molecular weight is 457 g/mol. The molecule has 0 saturated carbocycles. The predicted octanol–water partition coefficient (Wildman–Crippen LogP) is 5.51. The Balaban J connectivity index is 1.91. The summed E-state index contributed by atoms with van der Waals surface area (Å²) in [6, 6.07) is 9.84. The van der Waals surface area contributed by atoms with E-state index in [0.717, 1.165) is 0 Å². The van der Waals surface area contributed by atoms with Crippen molar-refractivity contribution in [2.24, 2.45) is 5.92 Å². The van der Waals surface area contributed by atoms with Crippen LogP contribution in [0.3, 0.4) is 0 Å². The molecule has 0 fully saturated rings. The average Bonchev–Trinajstić information content (AvgIpc) is 3.10. The summed E-state index contributed by atoms with van der Waals surface area (Å²) in [5, 5.41) is 9.46. The second-order valence-electron chi connectivity index (χ2n) is 6.11. The molecule has 1 unspecified atom stereocenters. The molecule has 1 atom stereocenters. The van der Waals surface area contributed by atoms with Crippen molar-refractivity contribution in [3.8, 4) is 5.69 Å². The van der Waals surface area contributed by atoms with Crippen LogP contribution in [-0.4, -0.2) is 26.6 Å². The van der Waals surface area contributed by atoms with Gasteiger partial charge in [-0.3, -0.25) is 9.59 Å². The molecule has 9 heteroatoms. The standard InChI is InChI=1S/C19H13Cl4N3O2/c1-10(27)14(8-15-16(22)3-2-4-17(15)23)19(28)18-9-26(25-24-18)13-6-11(20)5-12(21)7-13/h2-7,9,14H,8H2,1H3. The molecule has 1 aromatic heterocycles. The van der Waals surface area contributed by atoms with Crippen LogP contribution in [0, 0.1) is 5.92 Å². The number of hydrogen-bond acceptors (Lipinski definition) is 4. The van der Waals surface area contributed by atoms with Crippen molar-refractivity contribution in [2.75, 3.05) is 0 Å². The van der Waals surface area contributed by atoms with Gasteiger partial charge in [-0.25, -0.2) is 4.68 Å². The van der Waals surface area contributed by atoms with Crippen molar-refractivity contribution < 1.29 is 9.59 Å². The van der Waals surface area contributed by atoms with Crippen LogP contribution in [-0.2, 0) is 11.2 Å². The molecule has 3 aromatic rings. The summed E-state index contributed by atoms with van der Waals surface area (Å²) in [6.07, 6.45) is 1.50. The SMILES string of the molecule is CC(=O)C(Cc1c(Cl)cccc1Cl)C(=O)c1cn(-c2cc(Cl)cc(Cl)c2)nn1. The van der Waals surface area contributed by atoms with Crippen molar-refractivity contribution in [1.29, 1.82) is 0 Å². The van der Waals surface area contributed by atoms with Crippen LogP contribution in [0.2, 0.25) is 20.1 Å². The minimum atomic E-state index is -0.981. The van der Waals surface area contributed by atoms with Crippen LogP contribution >= 0.6 is 46.4 Å². The molecule has 0 radical (unpaired) electrons. The second kappa shape index (κ2) is 8.62. The lowest BCUT2D eigenvalue weighted by molar-refractivity contribution is -0.119. The van der Waals surface area contributed by atoms with Gasteiger partial charge in [-0.05, 0) is 49.2 Å². The minimum Gasteiger partial charge on any atom is -0.299 e. The van der Waals surface area contributed by atoms with Crippen LogP contribution in [0.15, 0.2) is 42.6 Å². The zero-order valence-electron chi connectivity index (χ0n) is 14.5. The van der Waals surface area contributed by atoms with Gasteiger partial charge >= 0.3 is 0 Å². The predicted molar refractivity (Wildman–Crippen MR) is 110 cm³/mol. The fourth-order valence-electron chi connectivity index (χ4n) is 2.71. The van der Waals surface area contributed by atoms with Crippen molar-refractivity contribution in [1.82, 2.24) is 15.0 Å². The molecule has 0 saturated heterocycles. The topological polar surface area (TPSA) is 64.8 Å². The normalized spacial score (nSPS) is 12.0. The summed E-state index contributed by atoms with van der Waals surface area (Å²) < 4.78 is 1.37. The van der Waals surface area contributed by atoms with E-state index in [1.807, 2.05) is 0 Å². The molecule has 0 aliphatic carbocycles. The first-order valence-corrected chi connectivity index (χ1v) is 9.64. The Morgan fingerprint density at radius 2 is 1.64 bits per heavy atom.